The van der Waals surface area contributed by atoms with E-state index >= 15 is 0 Å². The molecule has 3 aromatic rings. The number of ketones is 2. The maximum absolute atomic E-state index is 14.7. The molecule has 4 N–H and O–H groups in total. The van der Waals surface area contributed by atoms with E-state index in [1.807, 2.05) is 4.90 Å². The molecule has 0 aliphatic carbocycles. The molecule has 1 aliphatic heterocycles. The minimum absolute atomic E-state index is 0.0348. The maximum atomic E-state index is 14.7. The highest BCUT2D eigenvalue weighted by molar-refractivity contribution is 6.45. The van der Waals surface area contributed by atoms with E-state index in [0.29, 0.717) is 56.8 Å². The SMILES string of the molecule is CCOC(=O)CCCCCC(=O)c1cccnc1N1CCN(C(=O)C(=O)c2c[nH]c3c(N/C=C\N)ncc(F)c23)CC1. The Morgan fingerprint density at radius 2 is 1.86 bits per heavy atom. The lowest BCUT2D eigenvalue weighted by Crippen LogP contribution is -2.51. The second-order valence-corrected chi connectivity index (χ2v) is 9.68. The predicted octanol–water partition coefficient (Wildman–Crippen LogP) is 3.17. The molecule has 0 spiro atoms. The van der Waals surface area contributed by atoms with Crippen LogP contribution in [0.15, 0.2) is 43.1 Å². The Labute approximate surface area is 242 Å². The molecule has 0 radical (unpaired) electrons. The fraction of sp³-hybridized carbons (Fsp3) is 0.379. The number of hydrogen-bond acceptors (Lipinski definition) is 10. The molecular weight excluding hydrogens is 545 g/mol. The van der Waals surface area contributed by atoms with Crippen LogP contribution in [0.2, 0.25) is 0 Å². The molecule has 0 atom stereocenters. The quantitative estimate of drug-likeness (QED) is 0.119. The number of halogens is 1. The van der Waals surface area contributed by atoms with Crippen LogP contribution in [0.3, 0.4) is 0 Å². The predicted molar refractivity (Wildman–Crippen MR) is 154 cm³/mol. The lowest BCUT2D eigenvalue weighted by atomic mass is 10.0. The minimum atomic E-state index is -0.836. The van der Waals surface area contributed by atoms with Gasteiger partial charge in [0.1, 0.15) is 5.82 Å². The number of esters is 1. The van der Waals surface area contributed by atoms with Crippen molar-refractivity contribution in [2.24, 2.45) is 5.73 Å². The summed E-state index contributed by atoms with van der Waals surface area (Å²) in [6.07, 6.45) is 9.22. The van der Waals surface area contributed by atoms with Crippen LogP contribution in [0.4, 0.5) is 16.0 Å². The second-order valence-electron chi connectivity index (χ2n) is 9.68. The maximum Gasteiger partial charge on any atom is 0.305 e. The topological polar surface area (TPSA) is 164 Å². The molecule has 3 aromatic heterocycles. The van der Waals surface area contributed by atoms with Gasteiger partial charge in [0.2, 0.25) is 0 Å². The summed E-state index contributed by atoms with van der Waals surface area (Å²) in [5, 5.41) is 2.76. The number of carbonyl (C=O) groups excluding carboxylic acids is 4. The van der Waals surface area contributed by atoms with Gasteiger partial charge < -0.3 is 30.6 Å². The Balaban J connectivity index is 1.36. The number of nitrogens with zero attached hydrogens (tertiary/aromatic N) is 4. The van der Waals surface area contributed by atoms with Gasteiger partial charge in [-0.25, -0.2) is 14.4 Å². The van der Waals surface area contributed by atoms with Crippen LogP contribution < -0.4 is 16.0 Å². The number of carbonyl (C=O) groups is 4. The van der Waals surface area contributed by atoms with Crippen molar-refractivity contribution in [3.8, 4) is 0 Å². The van der Waals surface area contributed by atoms with Crippen molar-refractivity contribution in [1.29, 1.82) is 0 Å². The summed E-state index contributed by atoms with van der Waals surface area (Å²) in [7, 11) is 0. The van der Waals surface area contributed by atoms with Gasteiger partial charge in [0, 0.05) is 63.8 Å². The number of aromatic amines is 1. The molecule has 0 bridgehead atoms. The fourth-order valence-corrected chi connectivity index (χ4v) is 4.87. The van der Waals surface area contributed by atoms with Gasteiger partial charge in [-0.1, -0.05) is 6.42 Å². The number of ether oxygens (including phenoxy) is 1. The van der Waals surface area contributed by atoms with Gasteiger partial charge in [-0.05, 0) is 31.9 Å². The average molecular weight is 580 g/mol. The van der Waals surface area contributed by atoms with Crippen molar-refractivity contribution < 1.29 is 28.3 Å². The molecule has 13 heteroatoms. The number of hydrogen-bond donors (Lipinski definition) is 3. The first kappa shape index (κ1) is 30.2. The molecule has 1 saturated heterocycles. The molecule has 1 amide bonds. The number of nitrogens with one attached hydrogen (secondary N) is 2. The van der Waals surface area contributed by atoms with E-state index in [-0.39, 0.29) is 47.1 Å². The van der Waals surface area contributed by atoms with Gasteiger partial charge in [0.05, 0.1) is 34.8 Å². The Morgan fingerprint density at radius 1 is 1.10 bits per heavy atom. The van der Waals surface area contributed by atoms with Crippen molar-refractivity contribution in [3.05, 3.63) is 60.1 Å². The van der Waals surface area contributed by atoms with Crippen molar-refractivity contribution in [3.63, 3.8) is 0 Å². The first-order valence-electron chi connectivity index (χ1n) is 13.9. The molecule has 42 heavy (non-hydrogen) atoms. The molecule has 0 aromatic carbocycles. The van der Waals surface area contributed by atoms with Crippen LogP contribution in [0, 0.1) is 5.82 Å². The van der Waals surface area contributed by atoms with Crippen molar-refractivity contribution in [2.75, 3.05) is 43.0 Å². The third-order valence-electron chi connectivity index (χ3n) is 6.96. The van der Waals surface area contributed by atoms with Crippen LogP contribution in [0.1, 0.15) is 59.7 Å². The number of rotatable bonds is 13. The zero-order valence-corrected chi connectivity index (χ0v) is 23.4. The number of fused-ring (bicyclic) bond motifs is 1. The van der Waals surface area contributed by atoms with E-state index in [2.05, 4.69) is 20.3 Å². The van der Waals surface area contributed by atoms with Gasteiger partial charge in [0.25, 0.3) is 11.7 Å². The number of unbranched alkanes of at least 4 members (excludes halogenated alkanes) is 2. The highest BCUT2D eigenvalue weighted by Gasteiger charge is 2.31. The molecule has 1 fully saturated rings. The van der Waals surface area contributed by atoms with Crippen LogP contribution in [0.25, 0.3) is 10.9 Å². The molecule has 4 rings (SSSR count). The average Bonchev–Trinajstić information content (AvgIpc) is 3.46. The fourth-order valence-electron chi connectivity index (χ4n) is 4.87. The number of pyridine rings is 2. The summed E-state index contributed by atoms with van der Waals surface area (Å²) in [5.41, 5.74) is 5.99. The smallest absolute Gasteiger partial charge is 0.305 e. The van der Waals surface area contributed by atoms with Gasteiger partial charge in [-0.15, -0.1) is 0 Å². The summed E-state index contributed by atoms with van der Waals surface area (Å²) < 4.78 is 19.6. The van der Waals surface area contributed by atoms with E-state index in [9.17, 15) is 23.6 Å². The second kappa shape index (κ2) is 14.2. The van der Waals surface area contributed by atoms with Crippen molar-refractivity contribution in [1.82, 2.24) is 19.9 Å². The molecule has 0 saturated carbocycles. The highest BCUT2D eigenvalue weighted by Crippen LogP contribution is 2.28. The lowest BCUT2D eigenvalue weighted by molar-refractivity contribution is -0.143. The molecular formula is C29H34FN7O5. The number of nitrogens with two attached hydrogens (primary N) is 1. The van der Waals surface area contributed by atoms with Crippen LogP contribution in [-0.2, 0) is 14.3 Å². The van der Waals surface area contributed by atoms with E-state index in [0.717, 1.165) is 12.6 Å². The van der Waals surface area contributed by atoms with Crippen molar-refractivity contribution >= 4 is 46.0 Å². The van der Waals surface area contributed by atoms with Crippen molar-refractivity contribution in [2.45, 2.75) is 39.0 Å². The summed E-state index contributed by atoms with van der Waals surface area (Å²) in [6, 6.07) is 3.44. The van der Waals surface area contributed by atoms with E-state index in [1.54, 1.807) is 25.3 Å². The summed E-state index contributed by atoms with van der Waals surface area (Å²) >= 11 is 0. The Morgan fingerprint density at radius 3 is 2.60 bits per heavy atom. The van der Waals surface area contributed by atoms with Crippen LogP contribution in [0.5, 0.6) is 0 Å². The third-order valence-corrected chi connectivity index (χ3v) is 6.96. The molecule has 12 nitrogen and oxygen atoms in total. The van der Waals surface area contributed by atoms with E-state index in [1.165, 1.54) is 23.5 Å². The zero-order chi connectivity index (χ0) is 30.1. The van der Waals surface area contributed by atoms with Crippen LogP contribution in [-0.4, -0.2) is 76.1 Å². The normalized spacial score (nSPS) is 13.5. The van der Waals surface area contributed by atoms with Gasteiger partial charge in [-0.2, -0.15) is 0 Å². The molecule has 0 unspecified atom stereocenters. The number of Topliss-reactive ketones (excluding diaryl/α,β-unsaturated/α-hetero) is 2. The number of piperazine rings is 1. The number of amides is 1. The monoisotopic (exact) mass is 579 g/mol. The van der Waals surface area contributed by atoms with Gasteiger partial charge in [-0.3, -0.25) is 19.2 Å². The lowest BCUT2D eigenvalue weighted by Gasteiger charge is -2.35. The summed E-state index contributed by atoms with van der Waals surface area (Å²) in [5.74, 6) is -1.81. The summed E-state index contributed by atoms with van der Waals surface area (Å²) in [6.45, 7) is 3.30. The van der Waals surface area contributed by atoms with Gasteiger partial charge >= 0.3 is 5.97 Å². The largest absolute Gasteiger partial charge is 0.466 e. The molecule has 4 heterocycles. The van der Waals surface area contributed by atoms with E-state index in [4.69, 9.17) is 10.5 Å². The number of H-pyrrole nitrogens is 1. The Hall–Kier alpha value is -4.81. The first-order valence-corrected chi connectivity index (χ1v) is 13.9. The van der Waals surface area contributed by atoms with E-state index < -0.39 is 17.5 Å². The zero-order valence-electron chi connectivity index (χ0n) is 23.4. The number of anilines is 2. The Bertz CT molecular complexity index is 1480. The molecule has 222 valence electrons. The third kappa shape index (κ3) is 6.90. The van der Waals surface area contributed by atoms with Gasteiger partial charge in [0.15, 0.2) is 17.4 Å². The summed E-state index contributed by atoms with van der Waals surface area (Å²) in [4.78, 5) is 65.3. The Kier molecular flexibility index (Phi) is 10.2. The standard InChI is InChI=1S/C29H34FN7O5/c1-2-42-23(39)9-5-3-4-8-22(38)19-7-6-11-33-28(19)36-13-15-37(16-14-36)29(41)26(40)20-17-34-25-24(20)21(30)18-35-27(25)32-12-10-31/h6-7,10-12,17-18,34H,2-5,8-9,13-16,31H2,1H3,(H,32,35)/b12-10-. The number of aromatic nitrogens is 3. The van der Waals surface area contributed by atoms with Crippen LogP contribution >= 0.6 is 0 Å². The highest BCUT2D eigenvalue weighted by atomic mass is 19.1. The minimum Gasteiger partial charge on any atom is -0.466 e. The molecule has 1 aliphatic rings. The first-order chi connectivity index (χ1) is 20.3.